The number of benzene rings is 1. The van der Waals surface area contributed by atoms with Gasteiger partial charge in [-0.05, 0) is 13.2 Å². The molecule has 0 atom stereocenters. The van der Waals surface area contributed by atoms with E-state index in [2.05, 4.69) is 6.92 Å². The fourth-order valence-electron chi connectivity index (χ4n) is 0.994. The molecular weight excluding hydrogens is 216 g/mol. The Hall–Kier alpha value is -0.710. The molecule has 77 valence electrons. The van der Waals surface area contributed by atoms with Crippen LogP contribution in [0.5, 0.6) is 0 Å². The second-order valence-electron chi connectivity index (χ2n) is 2.65. The van der Waals surface area contributed by atoms with Crippen molar-refractivity contribution in [2.75, 3.05) is 6.26 Å². The van der Waals surface area contributed by atoms with Crippen molar-refractivity contribution < 1.29 is 17.6 Å². The van der Waals surface area contributed by atoms with Crippen molar-refractivity contribution >= 4 is 11.8 Å². The molecule has 1 aromatic rings. The van der Waals surface area contributed by atoms with Crippen molar-refractivity contribution in [3.8, 4) is 0 Å². The van der Waals surface area contributed by atoms with E-state index in [1.54, 1.807) is 6.26 Å². The van der Waals surface area contributed by atoms with E-state index in [0.29, 0.717) is 0 Å². The van der Waals surface area contributed by atoms with Gasteiger partial charge in [-0.1, -0.05) is 0 Å². The fraction of sp³-hybridized carbons (Fsp3) is 0.222. The molecule has 0 fully saturated rings. The van der Waals surface area contributed by atoms with Crippen LogP contribution in [0.1, 0.15) is 11.1 Å². The van der Waals surface area contributed by atoms with Crippen LogP contribution in [0.4, 0.5) is 17.6 Å². The van der Waals surface area contributed by atoms with Crippen molar-refractivity contribution in [1.82, 2.24) is 0 Å². The first-order valence-corrected chi connectivity index (χ1v) is 5.05. The van der Waals surface area contributed by atoms with Crippen LogP contribution in [0, 0.1) is 30.2 Å². The molecule has 0 N–H and O–H groups in total. The van der Waals surface area contributed by atoms with E-state index in [1.165, 1.54) is 0 Å². The molecule has 14 heavy (non-hydrogen) atoms. The van der Waals surface area contributed by atoms with Gasteiger partial charge in [-0.3, -0.25) is 0 Å². The van der Waals surface area contributed by atoms with E-state index in [1.807, 2.05) is 0 Å². The smallest absolute Gasteiger partial charge is 0.166 e. The van der Waals surface area contributed by atoms with Crippen LogP contribution >= 0.6 is 11.8 Å². The molecule has 0 spiro atoms. The Morgan fingerprint density at radius 3 is 1.79 bits per heavy atom. The van der Waals surface area contributed by atoms with Gasteiger partial charge in [0.2, 0.25) is 0 Å². The summed E-state index contributed by atoms with van der Waals surface area (Å²) in [5.41, 5.74) is -1.45. The maximum absolute atomic E-state index is 13.1. The van der Waals surface area contributed by atoms with Crippen molar-refractivity contribution in [3.05, 3.63) is 41.3 Å². The van der Waals surface area contributed by atoms with E-state index in [9.17, 15) is 17.6 Å². The molecule has 0 aliphatic rings. The third-order valence-corrected chi connectivity index (χ3v) is 2.31. The monoisotopic (exact) mass is 223 g/mol. The maximum atomic E-state index is 13.1. The van der Waals surface area contributed by atoms with Crippen LogP contribution in [-0.4, -0.2) is 6.26 Å². The molecule has 0 nitrogen and oxygen atoms in total. The van der Waals surface area contributed by atoms with Gasteiger partial charge >= 0.3 is 0 Å². The molecule has 0 aliphatic carbocycles. The highest BCUT2D eigenvalue weighted by Crippen LogP contribution is 2.25. The zero-order valence-corrected chi connectivity index (χ0v) is 8.15. The van der Waals surface area contributed by atoms with Gasteiger partial charge in [-0.2, -0.15) is 11.8 Å². The molecule has 1 rings (SSSR count). The normalized spacial score (nSPS) is 10.7. The van der Waals surface area contributed by atoms with Gasteiger partial charge < -0.3 is 0 Å². The Morgan fingerprint density at radius 1 is 1.00 bits per heavy atom. The van der Waals surface area contributed by atoms with Crippen LogP contribution in [0.3, 0.4) is 0 Å². The van der Waals surface area contributed by atoms with Crippen LogP contribution < -0.4 is 0 Å². The van der Waals surface area contributed by atoms with Crippen molar-refractivity contribution in [3.63, 3.8) is 0 Å². The summed E-state index contributed by atoms with van der Waals surface area (Å²) < 4.78 is 51.9. The summed E-state index contributed by atoms with van der Waals surface area (Å²) in [6, 6.07) is 0. The highest BCUT2D eigenvalue weighted by atomic mass is 32.2. The SMILES string of the molecule is [CH2]c1c(F)c(F)c(CSC)c(F)c1F. The standard InChI is InChI=1S/C9H7F4S/c1-4-6(10)8(12)5(3-14-2)9(13)7(4)11/h1,3H2,2H3. The quantitative estimate of drug-likeness (QED) is 0.547. The van der Waals surface area contributed by atoms with Crippen LogP contribution in [0.2, 0.25) is 0 Å². The van der Waals surface area contributed by atoms with E-state index in [0.717, 1.165) is 11.8 Å². The van der Waals surface area contributed by atoms with E-state index < -0.39 is 34.4 Å². The predicted molar refractivity (Wildman–Crippen MR) is 48.0 cm³/mol. The van der Waals surface area contributed by atoms with Gasteiger partial charge in [-0.25, -0.2) is 17.6 Å². The molecule has 1 radical (unpaired) electrons. The van der Waals surface area contributed by atoms with Gasteiger partial charge in [-0.15, -0.1) is 0 Å². The average Bonchev–Trinajstić information content (AvgIpc) is 2.19. The Kier molecular flexibility index (Phi) is 3.42. The summed E-state index contributed by atoms with van der Waals surface area (Å²) in [6.45, 7) is 2.91. The molecule has 1 aromatic carbocycles. The topological polar surface area (TPSA) is 0 Å². The third-order valence-electron chi connectivity index (χ3n) is 1.73. The number of hydrogen-bond donors (Lipinski definition) is 0. The Bertz CT molecular complexity index is 333. The predicted octanol–water partition coefficient (Wildman–Crippen LogP) is 3.29. The minimum atomic E-state index is -1.42. The highest BCUT2D eigenvalue weighted by molar-refractivity contribution is 7.97. The lowest BCUT2D eigenvalue weighted by molar-refractivity contribution is 0.439. The molecule has 0 aliphatic heterocycles. The zero-order chi connectivity index (χ0) is 10.9. The van der Waals surface area contributed by atoms with Gasteiger partial charge in [0.15, 0.2) is 23.3 Å². The van der Waals surface area contributed by atoms with E-state index in [4.69, 9.17) is 0 Å². The molecule has 0 bridgehead atoms. The summed E-state index contributed by atoms with van der Waals surface area (Å²) in [7, 11) is 0. The lowest BCUT2D eigenvalue weighted by Gasteiger charge is -2.07. The first-order valence-electron chi connectivity index (χ1n) is 3.66. The first-order chi connectivity index (χ1) is 6.50. The van der Waals surface area contributed by atoms with Gasteiger partial charge in [0, 0.05) is 16.9 Å². The van der Waals surface area contributed by atoms with Crippen molar-refractivity contribution in [2.24, 2.45) is 0 Å². The summed E-state index contributed by atoms with van der Waals surface area (Å²) in [4.78, 5) is 0. The fourth-order valence-corrected chi connectivity index (χ4v) is 1.54. The zero-order valence-electron chi connectivity index (χ0n) is 7.33. The minimum absolute atomic E-state index is 0.119. The summed E-state index contributed by atoms with van der Waals surface area (Å²) in [5.74, 6) is -5.68. The van der Waals surface area contributed by atoms with Gasteiger partial charge in [0.1, 0.15) is 0 Å². The van der Waals surface area contributed by atoms with Gasteiger partial charge in [0.05, 0.1) is 0 Å². The van der Waals surface area contributed by atoms with Crippen LogP contribution in [0.25, 0.3) is 0 Å². The molecule has 0 aromatic heterocycles. The van der Waals surface area contributed by atoms with Crippen LogP contribution in [-0.2, 0) is 5.75 Å². The lowest BCUT2D eigenvalue weighted by Crippen LogP contribution is -2.05. The Morgan fingerprint density at radius 2 is 1.43 bits per heavy atom. The summed E-state index contributed by atoms with van der Waals surface area (Å²) >= 11 is 1.07. The van der Waals surface area contributed by atoms with E-state index >= 15 is 0 Å². The highest BCUT2D eigenvalue weighted by Gasteiger charge is 2.22. The van der Waals surface area contributed by atoms with Crippen molar-refractivity contribution in [1.29, 1.82) is 0 Å². The molecule has 0 unspecified atom stereocenters. The largest absolute Gasteiger partial charge is 0.203 e. The molecular formula is C9H7F4S. The first kappa shape index (κ1) is 11.4. The number of thioether (sulfide) groups is 1. The van der Waals surface area contributed by atoms with Gasteiger partial charge in [0.25, 0.3) is 0 Å². The third kappa shape index (κ3) is 1.73. The average molecular weight is 223 g/mol. The second-order valence-corrected chi connectivity index (χ2v) is 3.51. The summed E-state index contributed by atoms with van der Waals surface area (Å²) in [5, 5.41) is 0. The molecule has 0 amide bonds. The number of rotatable bonds is 2. The second kappa shape index (κ2) is 4.21. The van der Waals surface area contributed by atoms with E-state index in [-0.39, 0.29) is 5.75 Å². The Balaban J connectivity index is 3.43. The summed E-state index contributed by atoms with van der Waals surface area (Å²) in [6.07, 6.45) is 1.58. The number of halogens is 4. The number of hydrogen-bond acceptors (Lipinski definition) is 1. The molecule has 5 heteroatoms. The van der Waals surface area contributed by atoms with Crippen LogP contribution in [0.15, 0.2) is 0 Å². The van der Waals surface area contributed by atoms with Crippen molar-refractivity contribution in [2.45, 2.75) is 5.75 Å². The molecule has 0 heterocycles. The Labute approximate surface area is 83.3 Å². The molecule has 0 saturated carbocycles. The molecule has 0 saturated heterocycles. The maximum Gasteiger partial charge on any atom is 0.166 e. The lowest BCUT2D eigenvalue weighted by atomic mass is 10.1. The minimum Gasteiger partial charge on any atom is -0.203 e.